The van der Waals surface area contributed by atoms with Gasteiger partial charge in [-0.05, 0) is 25.2 Å². The minimum Gasteiger partial charge on any atom is -0.495 e. The summed E-state index contributed by atoms with van der Waals surface area (Å²) >= 11 is 0. The van der Waals surface area contributed by atoms with E-state index in [0.717, 1.165) is 37.6 Å². The maximum absolute atomic E-state index is 5.31. The van der Waals surface area contributed by atoms with Crippen molar-refractivity contribution < 1.29 is 4.74 Å². The molecule has 2 rings (SSSR count). The van der Waals surface area contributed by atoms with E-state index in [4.69, 9.17) is 4.74 Å². The van der Waals surface area contributed by atoms with Gasteiger partial charge in [0.15, 0.2) is 0 Å². The molecule has 0 unspecified atom stereocenters. The van der Waals surface area contributed by atoms with Gasteiger partial charge in [0.1, 0.15) is 5.75 Å². The van der Waals surface area contributed by atoms with Crippen molar-refractivity contribution in [3.8, 4) is 5.75 Å². The van der Waals surface area contributed by atoms with Gasteiger partial charge in [0, 0.05) is 38.9 Å². The summed E-state index contributed by atoms with van der Waals surface area (Å²) in [6, 6.07) is 6.31. The van der Waals surface area contributed by atoms with Gasteiger partial charge >= 0.3 is 0 Å². The molecule has 0 saturated carbocycles. The molecule has 1 fully saturated rings. The molecule has 17 heavy (non-hydrogen) atoms. The second kappa shape index (κ2) is 5.27. The quantitative estimate of drug-likeness (QED) is 0.859. The van der Waals surface area contributed by atoms with Crippen molar-refractivity contribution in [2.75, 3.05) is 57.6 Å². The molecule has 0 atom stereocenters. The molecular formula is C13H21N3O. The lowest BCUT2D eigenvalue weighted by Gasteiger charge is -2.34. The SMILES string of the molecule is CNc1cc(N2CCN(C)CC2)ccc1OC. The number of hydrogen-bond donors (Lipinski definition) is 1. The van der Waals surface area contributed by atoms with Gasteiger partial charge in [-0.3, -0.25) is 0 Å². The molecule has 1 aliphatic heterocycles. The Bertz CT molecular complexity index is 373. The van der Waals surface area contributed by atoms with E-state index in [1.807, 2.05) is 13.1 Å². The van der Waals surface area contributed by atoms with Crippen LogP contribution in [-0.4, -0.2) is 52.3 Å². The van der Waals surface area contributed by atoms with Crippen molar-refractivity contribution in [2.24, 2.45) is 0 Å². The molecule has 1 aromatic rings. The van der Waals surface area contributed by atoms with Crippen LogP contribution in [0.2, 0.25) is 0 Å². The summed E-state index contributed by atoms with van der Waals surface area (Å²) in [5.74, 6) is 0.894. The fourth-order valence-electron chi connectivity index (χ4n) is 2.15. The molecule has 0 spiro atoms. The number of piperazine rings is 1. The van der Waals surface area contributed by atoms with Gasteiger partial charge in [0.05, 0.1) is 12.8 Å². The van der Waals surface area contributed by atoms with Crippen LogP contribution in [0.15, 0.2) is 18.2 Å². The number of anilines is 2. The number of benzene rings is 1. The van der Waals surface area contributed by atoms with Gasteiger partial charge in [0.25, 0.3) is 0 Å². The third-order valence-corrected chi connectivity index (χ3v) is 3.32. The Kier molecular flexibility index (Phi) is 3.74. The van der Waals surface area contributed by atoms with E-state index in [2.05, 4.69) is 34.3 Å². The highest BCUT2D eigenvalue weighted by Gasteiger charge is 2.15. The van der Waals surface area contributed by atoms with Crippen molar-refractivity contribution in [1.82, 2.24) is 4.90 Å². The smallest absolute Gasteiger partial charge is 0.142 e. The lowest BCUT2D eigenvalue weighted by molar-refractivity contribution is 0.313. The predicted molar refractivity (Wildman–Crippen MR) is 72.3 cm³/mol. The molecule has 4 nitrogen and oxygen atoms in total. The van der Waals surface area contributed by atoms with Crippen LogP contribution in [-0.2, 0) is 0 Å². The molecule has 0 amide bonds. The zero-order valence-corrected chi connectivity index (χ0v) is 10.9. The first-order valence-electron chi connectivity index (χ1n) is 6.04. The van der Waals surface area contributed by atoms with Crippen molar-refractivity contribution in [2.45, 2.75) is 0 Å². The van der Waals surface area contributed by atoms with Crippen LogP contribution >= 0.6 is 0 Å². The number of nitrogens with zero attached hydrogens (tertiary/aromatic N) is 2. The molecule has 0 aliphatic carbocycles. The van der Waals surface area contributed by atoms with Crippen LogP contribution in [0.3, 0.4) is 0 Å². The van der Waals surface area contributed by atoms with Gasteiger partial charge in [-0.1, -0.05) is 0 Å². The van der Waals surface area contributed by atoms with Crippen molar-refractivity contribution in [3.63, 3.8) is 0 Å². The van der Waals surface area contributed by atoms with Crippen LogP contribution in [0, 0.1) is 0 Å². The van der Waals surface area contributed by atoms with E-state index >= 15 is 0 Å². The lowest BCUT2D eigenvalue weighted by Crippen LogP contribution is -2.44. The Morgan fingerprint density at radius 3 is 2.47 bits per heavy atom. The zero-order valence-electron chi connectivity index (χ0n) is 10.9. The third-order valence-electron chi connectivity index (χ3n) is 3.32. The highest BCUT2D eigenvalue weighted by Crippen LogP contribution is 2.29. The largest absolute Gasteiger partial charge is 0.495 e. The molecule has 1 N–H and O–H groups in total. The van der Waals surface area contributed by atoms with E-state index in [1.54, 1.807) is 7.11 Å². The number of ether oxygens (including phenoxy) is 1. The zero-order chi connectivity index (χ0) is 12.3. The van der Waals surface area contributed by atoms with Crippen molar-refractivity contribution >= 4 is 11.4 Å². The molecule has 1 saturated heterocycles. The first-order valence-corrected chi connectivity index (χ1v) is 6.04. The molecule has 0 radical (unpaired) electrons. The van der Waals surface area contributed by atoms with E-state index in [-0.39, 0.29) is 0 Å². The lowest BCUT2D eigenvalue weighted by atomic mass is 10.2. The summed E-state index contributed by atoms with van der Waals surface area (Å²) in [5, 5.41) is 3.17. The average molecular weight is 235 g/mol. The van der Waals surface area contributed by atoms with Gasteiger partial charge in [-0.25, -0.2) is 0 Å². The molecule has 0 bridgehead atoms. The molecule has 1 heterocycles. The fraction of sp³-hybridized carbons (Fsp3) is 0.538. The summed E-state index contributed by atoms with van der Waals surface area (Å²) in [6.45, 7) is 4.43. The third kappa shape index (κ3) is 2.64. The minimum absolute atomic E-state index is 0.894. The topological polar surface area (TPSA) is 27.7 Å². The van der Waals surface area contributed by atoms with Crippen LogP contribution < -0.4 is 15.0 Å². The number of likely N-dealkylation sites (N-methyl/N-ethyl adjacent to an activating group) is 1. The summed E-state index contributed by atoms with van der Waals surface area (Å²) < 4.78 is 5.31. The van der Waals surface area contributed by atoms with Crippen LogP contribution in [0.5, 0.6) is 5.75 Å². The van der Waals surface area contributed by atoms with Gasteiger partial charge in [0.2, 0.25) is 0 Å². The fourth-order valence-corrected chi connectivity index (χ4v) is 2.15. The number of hydrogen-bond acceptors (Lipinski definition) is 4. The van der Waals surface area contributed by atoms with Crippen LogP contribution in [0.1, 0.15) is 0 Å². The Morgan fingerprint density at radius 2 is 1.88 bits per heavy atom. The van der Waals surface area contributed by atoms with Gasteiger partial charge < -0.3 is 19.9 Å². The second-order valence-electron chi connectivity index (χ2n) is 4.42. The number of nitrogens with one attached hydrogen (secondary N) is 1. The molecule has 4 heteroatoms. The van der Waals surface area contributed by atoms with E-state index in [9.17, 15) is 0 Å². The van der Waals surface area contributed by atoms with Crippen molar-refractivity contribution in [3.05, 3.63) is 18.2 Å². The normalized spacial score (nSPS) is 17.0. The summed E-state index contributed by atoms with van der Waals surface area (Å²) in [5.41, 5.74) is 2.31. The second-order valence-corrected chi connectivity index (χ2v) is 4.42. The maximum atomic E-state index is 5.31. The average Bonchev–Trinajstić information content (AvgIpc) is 2.39. The highest BCUT2D eigenvalue weighted by molar-refractivity contribution is 5.65. The first kappa shape index (κ1) is 12.0. The Labute approximate surface area is 103 Å². The van der Waals surface area contributed by atoms with Crippen LogP contribution in [0.4, 0.5) is 11.4 Å². The molecule has 0 aromatic heterocycles. The number of methoxy groups -OCH3 is 1. The van der Waals surface area contributed by atoms with Gasteiger partial charge in [-0.15, -0.1) is 0 Å². The summed E-state index contributed by atoms with van der Waals surface area (Å²) in [7, 11) is 5.79. The number of rotatable bonds is 3. The molecule has 1 aliphatic rings. The Morgan fingerprint density at radius 1 is 1.18 bits per heavy atom. The maximum Gasteiger partial charge on any atom is 0.142 e. The Balaban J connectivity index is 2.16. The minimum atomic E-state index is 0.894. The monoisotopic (exact) mass is 235 g/mol. The van der Waals surface area contributed by atoms with Crippen LogP contribution in [0.25, 0.3) is 0 Å². The highest BCUT2D eigenvalue weighted by atomic mass is 16.5. The predicted octanol–water partition coefficient (Wildman–Crippen LogP) is 1.49. The van der Waals surface area contributed by atoms with E-state index in [0.29, 0.717) is 0 Å². The molecular weight excluding hydrogens is 214 g/mol. The van der Waals surface area contributed by atoms with Crippen molar-refractivity contribution in [1.29, 1.82) is 0 Å². The molecule has 94 valence electrons. The van der Waals surface area contributed by atoms with E-state index < -0.39 is 0 Å². The Hall–Kier alpha value is -1.42. The first-order chi connectivity index (χ1) is 8.24. The molecule has 1 aromatic carbocycles. The van der Waals surface area contributed by atoms with Gasteiger partial charge in [-0.2, -0.15) is 0 Å². The van der Waals surface area contributed by atoms with E-state index in [1.165, 1.54) is 5.69 Å². The summed E-state index contributed by atoms with van der Waals surface area (Å²) in [6.07, 6.45) is 0. The standard InChI is InChI=1S/C13H21N3O/c1-14-12-10-11(4-5-13(12)17-3)16-8-6-15(2)7-9-16/h4-5,10,14H,6-9H2,1-3H3. The summed E-state index contributed by atoms with van der Waals surface area (Å²) in [4.78, 5) is 4.78.